The van der Waals surface area contributed by atoms with Gasteiger partial charge in [-0.25, -0.2) is 4.98 Å². The molecule has 7 nitrogen and oxygen atoms in total. The number of rotatable bonds is 10. The summed E-state index contributed by atoms with van der Waals surface area (Å²) in [7, 11) is 3.11. The fraction of sp³-hybridized carbons (Fsp3) is 0.583. The highest BCUT2D eigenvalue weighted by atomic mass is 79.9. The molecule has 33 heavy (non-hydrogen) atoms. The number of halogens is 1. The number of carbonyl (C=O) groups is 1. The van der Waals surface area contributed by atoms with E-state index in [4.69, 9.17) is 4.74 Å². The predicted molar refractivity (Wildman–Crippen MR) is 142 cm³/mol. The normalized spacial score (nSPS) is 15.3. The molecule has 182 valence electrons. The molecule has 1 N–H and O–H groups in total. The first-order valence-electron chi connectivity index (χ1n) is 11.7. The van der Waals surface area contributed by atoms with Crippen LogP contribution in [0.4, 0.5) is 11.4 Å². The molecule has 0 atom stereocenters. The Balaban J connectivity index is 1.65. The number of nitrogens with one attached hydrogen (secondary N) is 1. The van der Waals surface area contributed by atoms with Gasteiger partial charge >= 0.3 is 0 Å². The number of aromatic nitrogens is 2. The number of hydrogen-bond acceptors (Lipinski definition) is 5. The van der Waals surface area contributed by atoms with Gasteiger partial charge in [-0.05, 0) is 67.0 Å². The summed E-state index contributed by atoms with van der Waals surface area (Å²) < 4.78 is 8.24. The highest BCUT2D eigenvalue weighted by molar-refractivity contribution is 9.10. The van der Waals surface area contributed by atoms with E-state index in [-0.39, 0.29) is 5.91 Å². The van der Waals surface area contributed by atoms with Crippen molar-refractivity contribution in [2.75, 3.05) is 50.6 Å². The van der Waals surface area contributed by atoms with Gasteiger partial charge in [-0.15, -0.1) is 0 Å². The maximum absolute atomic E-state index is 13.2. The van der Waals surface area contributed by atoms with Gasteiger partial charge in [0.25, 0.3) is 5.91 Å². The maximum Gasteiger partial charge on any atom is 0.291 e. The quantitative estimate of drug-likeness (QED) is 0.343. The van der Waals surface area contributed by atoms with Gasteiger partial charge in [0, 0.05) is 40.5 Å². The van der Waals surface area contributed by atoms with Crippen LogP contribution in [0.3, 0.4) is 0 Å². The van der Waals surface area contributed by atoms with Gasteiger partial charge in [-0.2, -0.15) is 0 Å². The number of hydrogen-bond donors (Lipinski definition) is 1. The van der Waals surface area contributed by atoms with Crippen molar-refractivity contribution in [1.82, 2.24) is 14.5 Å². The third-order valence-corrected chi connectivity index (χ3v) is 7.99. The van der Waals surface area contributed by atoms with Crippen molar-refractivity contribution in [3.8, 4) is 0 Å². The fourth-order valence-corrected chi connectivity index (χ4v) is 5.28. The van der Waals surface area contributed by atoms with Crippen LogP contribution in [0.2, 0.25) is 25.7 Å². The molecule has 9 heteroatoms. The van der Waals surface area contributed by atoms with Gasteiger partial charge in [0.2, 0.25) is 5.82 Å². The molecule has 0 bridgehead atoms. The molecular formula is C24H38BrN5O2Si. The Labute approximate surface area is 207 Å². The second-order valence-electron chi connectivity index (χ2n) is 10.4. The molecule has 2 heterocycles. The zero-order valence-electron chi connectivity index (χ0n) is 20.6. The van der Waals surface area contributed by atoms with Crippen molar-refractivity contribution in [1.29, 1.82) is 0 Å². The van der Waals surface area contributed by atoms with E-state index in [0.29, 0.717) is 23.8 Å². The fourth-order valence-electron chi connectivity index (χ4n) is 4.11. The number of anilines is 2. The van der Waals surface area contributed by atoms with Crippen LogP contribution in [0.1, 0.15) is 23.5 Å². The van der Waals surface area contributed by atoms with E-state index in [0.717, 1.165) is 55.8 Å². The molecule has 1 aliphatic rings. The standard InChI is InChI=1S/C24H38BrN5O2Si/c1-28(2)16-19-10-12-29(13-11-19)21-9-7-6-8-20(21)26-24(31)23-27-22(25)17-30(23)18-32-14-15-33(3,4)5/h6-9,17,19H,10-16,18H2,1-5H3,(H,26,31). The third-order valence-electron chi connectivity index (χ3n) is 5.91. The molecular weight excluding hydrogens is 498 g/mol. The molecule has 2 aromatic rings. The van der Waals surface area contributed by atoms with Gasteiger partial charge in [0.15, 0.2) is 0 Å². The molecule has 1 aliphatic heterocycles. The minimum atomic E-state index is -1.16. The molecule has 1 fully saturated rings. The number of amides is 1. The SMILES string of the molecule is CN(C)CC1CCN(c2ccccc2NC(=O)c2nc(Br)cn2COCC[Si](C)(C)C)CC1. The van der Waals surface area contributed by atoms with Crippen LogP contribution < -0.4 is 10.2 Å². The molecule has 1 amide bonds. The first-order chi connectivity index (χ1) is 15.6. The molecule has 1 aromatic heterocycles. The summed E-state index contributed by atoms with van der Waals surface area (Å²) in [4.78, 5) is 22.2. The first-order valence-corrected chi connectivity index (χ1v) is 16.2. The highest BCUT2D eigenvalue weighted by Crippen LogP contribution is 2.30. The number of carbonyl (C=O) groups excluding carboxylic acids is 1. The summed E-state index contributed by atoms with van der Waals surface area (Å²) in [5, 5.41) is 3.09. The molecule has 1 aromatic carbocycles. The lowest BCUT2D eigenvalue weighted by Crippen LogP contribution is -2.37. The molecule has 0 saturated carbocycles. The number of nitrogens with zero attached hydrogens (tertiary/aromatic N) is 4. The zero-order chi connectivity index (χ0) is 24.0. The summed E-state index contributed by atoms with van der Waals surface area (Å²) in [6, 6.07) is 9.12. The Bertz CT molecular complexity index is 920. The zero-order valence-corrected chi connectivity index (χ0v) is 23.2. The Morgan fingerprint density at radius 3 is 2.61 bits per heavy atom. The second kappa shape index (κ2) is 11.6. The second-order valence-corrected chi connectivity index (χ2v) is 16.8. The van der Waals surface area contributed by atoms with Crippen molar-refractivity contribution < 1.29 is 9.53 Å². The number of ether oxygens (including phenoxy) is 1. The van der Waals surface area contributed by atoms with Crippen molar-refractivity contribution in [3.05, 3.63) is 40.9 Å². The number of benzene rings is 1. The molecule has 3 rings (SSSR count). The van der Waals surface area contributed by atoms with Crippen LogP contribution in [0.15, 0.2) is 35.1 Å². The Kier molecular flexibility index (Phi) is 9.15. The van der Waals surface area contributed by atoms with E-state index in [9.17, 15) is 4.79 Å². The van der Waals surface area contributed by atoms with Crippen LogP contribution >= 0.6 is 15.9 Å². The summed E-state index contributed by atoms with van der Waals surface area (Å²) in [5.74, 6) is 0.836. The Hall–Kier alpha value is -1.68. The number of imidazole rings is 1. The Morgan fingerprint density at radius 2 is 1.94 bits per heavy atom. The minimum absolute atomic E-state index is 0.232. The summed E-state index contributed by atoms with van der Waals surface area (Å²) in [5.41, 5.74) is 1.89. The van der Waals surface area contributed by atoms with Crippen molar-refractivity contribution in [3.63, 3.8) is 0 Å². The van der Waals surface area contributed by atoms with E-state index in [2.05, 4.69) is 75.8 Å². The predicted octanol–water partition coefficient (Wildman–Crippen LogP) is 4.99. The number of para-hydroxylation sites is 2. The summed E-state index contributed by atoms with van der Waals surface area (Å²) >= 11 is 3.40. The minimum Gasteiger partial charge on any atom is -0.370 e. The molecule has 0 aliphatic carbocycles. The lowest BCUT2D eigenvalue weighted by molar-refractivity contribution is 0.0808. The summed E-state index contributed by atoms with van der Waals surface area (Å²) in [6.07, 6.45) is 4.12. The van der Waals surface area contributed by atoms with Gasteiger partial charge in [0.1, 0.15) is 11.3 Å². The maximum atomic E-state index is 13.2. The largest absolute Gasteiger partial charge is 0.370 e. The van der Waals surface area contributed by atoms with E-state index in [1.54, 1.807) is 10.8 Å². The van der Waals surface area contributed by atoms with Crippen LogP contribution in [-0.4, -0.2) is 68.8 Å². The topological polar surface area (TPSA) is 62.6 Å². The average Bonchev–Trinajstić information content (AvgIpc) is 3.12. The van der Waals surface area contributed by atoms with Gasteiger partial charge < -0.3 is 24.4 Å². The van der Waals surface area contributed by atoms with Crippen LogP contribution in [0, 0.1) is 5.92 Å². The van der Waals surface area contributed by atoms with E-state index < -0.39 is 8.07 Å². The smallest absolute Gasteiger partial charge is 0.291 e. The van der Waals surface area contributed by atoms with Gasteiger partial charge in [-0.1, -0.05) is 31.8 Å². The van der Waals surface area contributed by atoms with E-state index in [1.165, 1.54) is 0 Å². The molecule has 1 saturated heterocycles. The van der Waals surface area contributed by atoms with Crippen molar-refractivity contribution in [2.45, 2.75) is 45.3 Å². The lowest BCUT2D eigenvalue weighted by Gasteiger charge is -2.35. The molecule has 0 spiro atoms. The van der Waals surface area contributed by atoms with Crippen LogP contribution in [-0.2, 0) is 11.5 Å². The van der Waals surface area contributed by atoms with Crippen molar-refractivity contribution >= 4 is 41.3 Å². The van der Waals surface area contributed by atoms with Gasteiger partial charge in [0.05, 0.1) is 11.4 Å². The Morgan fingerprint density at radius 1 is 1.24 bits per heavy atom. The van der Waals surface area contributed by atoms with Crippen LogP contribution in [0.5, 0.6) is 0 Å². The van der Waals surface area contributed by atoms with E-state index in [1.807, 2.05) is 18.2 Å². The first kappa shape index (κ1) is 25.9. The average molecular weight is 537 g/mol. The molecule has 0 radical (unpaired) electrons. The third kappa shape index (κ3) is 7.94. The highest BCUT2D eigenvalue weighted by Gasteiger charge is 2.23. The lowest BCUT2D eigenvalue weighted by atomic mass is 9.96. The number of piperidine rings is 1. The molecule has 0 unspecified atom stereocenters. The van der Waals surface area contributed by atoms with Crippen molar-refractivity contribution in [2.24, 2.45) is 5.92 Å². The monoisotopic (exact) mass is 535 g/mol. The van der Waals surface area contributed by atoms with Crippen LogP contribution in [0.25, 0.3) is 0 Å². The van der Waals surface area contributed by atoms with Gasteiger partial charge in [-0.3, -0.25) is 4.79 Å². The van der Waals surface area contributed by atoms with E-state index >= 15 is 0 Å². The summed E-state index contributed by atoms with van der Waals surface area (Å²) in [6.45, 7) is 11.1.